The molecule has 2 N–H and O–H groups in total. The molecule has 0 aromatic heterocycles. The molecule has 6 rings (SSSR count). The van der Waals surface area contributed by atoms with Crippen molar-refractivity contribution in [2.75, 3.05) is 5.88 Å². The second kappa shape index (κ2) is 8.30. The fourth-order valence-corrected chi connectivity index (χ4v) is 8.36. The summed E-state index contributed by atoms with van der Waals surface area (Å²) in [5, 5.41) is 0. The lowest BCUT2D eigenvalue weighted by atomic mass is 9.61. The molecule has 162 valence electrons. The van der Waals surface area contributed by atoms with Crippen LogP contribution in [0.15, 0.2) is 35.3 Å². The van der Waals surface area contributed by atoms with Crippen LogP contribution in [0.4, 0.5) is 0 Å². The van der Waals surface area contributed by atoms with Gasteiger partial charge in [0.05, 0.1) is 0 Å². The highest BCUT2D eigenvalue weighted by Gasteiger charge is 2.69. The maximum absolute atomic E-state index is 6.12. The van der Waals surface area contributed by atoms with Gasteiger partial charge < -0.3 is 5.73 Å². The van der Waals surface area contributed by atoms with Crippen LogP contribution in [0.25, 0.3) is 0 Å². The van der Waals surface area contributed by atoms with Crippen molar-refractivity contribution in [2.24, 2.45) is 39.8 Å². The van der Waals surface area contributed by atoms with Gasteiger partial charge in [-0.25, -0.2) is 0 Å². The molecule has 1 aromatic carbocycles. The van der Waals surface area contributed by atoms with Crippen molar-refractivity contribution in [3.05, 3.63) is 35.9 Å². The van der Waals surface area contributed by atoms with Gasteiger partial charge in [0.15, 0.2) is 0 Å². The minimum Gasteiger partial charge on any atom is -0.328 e. The summed E-state index contributed by atoms with van der Waals surface area (Å²) in [5.74, 6) is 3.58. The van der Waals surface area contributed by atoms with E-state index >= 15 is 0 Å². The Bertz CT molecular complexity index is 803. The number of halogens is 1. The van der Waals surface area contributed by atoms with Crippen molar-refractivity contribution >= 4 is 35.0 Å². The third kappa shape index (κ3) is 3.49. The summed E-state index contributed by atoms with van der Waals surface area (Å²) in [6, 6.07) is 11.6. The third-order valence-electron chi connectivity index (χ3n) is 9.08. The highest BCUT2D eigenvalue weighted by atomic mass is 35.5. The maximum atomic E-state index is 6.12. The monoisotopic (exact) mass is 442 g/mol. The molecule has 5 aliphatic rings. The van der Waals surface area contributed by atoms with Crippen LogP contribution in [-0.4, -0.2) is 23.1 Å². The molecule has 5 atom stereocenters. The van der Waals surface area contributed by atoms with Gasteiger partial charge in [0, 0.05) is 23.6 Å². The SMILES string of the molecule is NC1CCC(C=NC(=S)C23CC4CC(c5ccccc5)(CC2C4CCCCl)C3)CC1. The first-order valence-corrected chi connectivity index (χ1v) is 13.0. The van der Waals surface area contributed by atoms with Crippen LogP contribution in [0.5, 0.6) is 0 Å². The number of aliphatic imine (C=N–C) groups is 1. The van der Waals surface area contributed by atoms with E-state index in [2.05, 4.69) is 36.5 Å². The van der Waals surface area contributed by atoms with Gasteiger partial charge in [-0.1, -0.05) is 42.5 Å². The van der Waals surface area contributed by atoms with Gasteiger partial charge in [0.2, 0.25) is 0 Å². The lowest BCUT2D eigenvalue weighted by Crippen LogP contribution is -2.37. The number of thiocarbonyl (C=S) groups is 1. The zero-order valence-electron chi connectivity index (χ0n) is 17.9. The Kier molecular flexibility index (Phi) is 5.83. The molecule has 0 amide bonds. The van der Waals surface area contributed by atoms with Gasteiger partial charge >= 0.3 is 0 Å². The van der Waals surface area contributed by atoms with Gasteiger partial charge in [-0.15, -0.1) is 11.6 Å². The third-order valence-corrected chi connectivity index (χ3v) is 9.86. The molecule has 1 aromatic rings. The summed E-state index contributed by atoms with van der Waals surface area (Å²) in [6.45, 7) is 0. The Labute approximate surface area is 192 Å². The van der Waals surface area contributed by atoms with Crippen molar-refractivity contribution in [2.45, 2.75) is 75.7 Å². The Balaban J connectivity index is 1.41. The molecule has 0 radical (unpaired) electrons. The van der Waals surface area contributed by atoms with E-state index in [9.17, 15) is 0 Å². The Morgan fingerprint density at radius 3 is 2.63 bits per heavy atom. The quantitative estimate of drug-likeness (QED) is 0.319. The van der Waals surface area contributed by atoms with E-state index in [4.69, 9.17) is 34.5 Å². The average molecular weight is 443 g/mol. The van der Waals surface area contributed by atoms with Gasteiger partial charge in [-0.05, 0) is 98.9 Å². The second-order valence-corrected chi connectivity index (χ2v) is 11.5. The van der Waals surface area contributed by atoms with Crippen LogP contribution in [0, 0.1) is 29.1 Å². The molecule has 0 spiro atoms. The smallest absolute Gasteiger partial charge is 0.109 e. The summed E-state index contributed by atoms with van der Waals surface area (Å²) >= 11 is 12.2. The van der Waals surface area contributed by atoms with Crippen LogP contribution < -0.4 is 5.73 Å². The summed E-state index contributed by atoms with van der Waals surface area (Å²) in [4.78, 5) is 6.03. The zero-order valence-corrected chi connectivity index (χ0v) is 19.5. The average Bonchev–Trinajstić information content (AvgIpc) is 3.14. The standard InChI is InChI=1S/C26H35ClN2S/c27-12-4-7-22-19-13-25(20-5-2-1-3-6-20)15-23(22)26(14-19,17-25)24(30)29-16-18-8-10-21(28)11-9-18/h1-3,5-6,16,18-19,21-23H,4,7-15,17,28H2. The molecular weight excluding hydrogens is 408 g/mol. The number of hydrogen-bond donors (Lipinski definition) is 1. The minimum atomic E-state index is 0.132. The molecule has 4 heteroatoms. The van der Waals surface area contributed by atoms with Crippen molar-refractivity contribution in [3.8, 4) is 0 Å². The molecule has 0 heterocycles. The van der Waals surface area contributed by atoms with Crippen LogP contribution >= 0.6 is 23.8 Å². The van der Waals surface area contributed by atoms with E-state index < -0.39 is 0 Å². The van der Waals surface area contributed by atoms with Gasteiger partial charge in [-0.2, -0.15) is 0 Å². The summed E-state index contributed by atoms with van der Waals surface area (Å²) in [5.41, 5.74) is 8.06. The molecule has 0 aliphatic heterocycles. The molecule has 5 unspecified atom stereocenters. The first-order chi connectivity index (χ1) is 14.6. The molecule has 5 aliphatic carbocycles. The van der Waals surface area contributed by atoms with Crippen LogP contribution in [0.2, 0.25) is 0 Å². The predicted octanol–water partition coefficient (Wildman–Crippen LogP) is 6.30. The van der Waals surface area contributed by atoms with Crippen LogP contribution in [-0.2, 0) is 5.41 Å². The largest absolute Gasteiger partial charge is 0.328 e. The highest BCUT2D eigenvalue weighted by molar-refractivity contribution is 7.80. The minimum absolute atomic E-state index is 0.132. The second-order valence-electron chi connectivity index (χ2n) is 10.7. The number of nitrogens with two attached hydrogens (primary N) is 1. The summed E-state index contributed by atoms with van der Waals surface area (Å²) < 4.78 is 0. The van der Waals surface area contributed by atoms with Crippen LogP contribution in [0.3, 0.4) is 0 Å². The molecule has 5 fully saturated rings. The normalized spacial score (nSPS) is 42.3. The Hall–Kier alpha value is -0.770. The Morgan fingerprint density at radius 1 is 1.13 bits per heavy atom. The molecule has 0 saturated heterocycles. The number of alkyl halides is 1. The fourth-order valence-electron chi connectivity index (χ4n) is 7.83. The molecule has 2 nitrogen and oxygen atoms in total. The lowest BCUT2D eigenvalue weighted by Gasteiger charge is -2.43. The Morgan fingerprint density at radius 2 is 1.90 bits per heavy atom. The van der Waals surface area contributed by atoms with Crippen molar-refractivity contribution < 1.29 is 0 Å². The summed E-state index contributed by atoms with van der Waals surface area (Å²) in [6.07, 6.45) is 14.2. The fraction of sp³-hybridized carbons (Fsp3) is 0.692. The first-order valence-electron chi connectivity index (χ1n) is 12.0. The maximum Gasteiger partial charge on any atom is 0.109 e. The van der Waals surface area contributed by atoms with E-state index in [1.165, 1.54) is 50.5 Å². The molecular formula is C26H35ClN2S. The number of nitrogens with zero attached hydrogens (tertiary/aromatic N) is 1. The zero-order chi connectivity index (χ0) is 20.8. The number of benzene rings is 1. The lowest BCUT2D eigenvalue weighted by molar-refractivity contribution is 0.156. The van der Waals surface area contributed by atoms with Crippen LogP contribution in [0.1, 0.15) is 69.8 Å². The highest BCUT2D eigenvalue weighted by Crippen LogP contribution is 2.73. The summed E-state index contributed by atoms with van der Waals surface area (Å²) in [7, 11) is 0. The molecule has 30 heavy (non-hydrogen) atoms. The van der Waals surface area contributed by atoms with E-state index in [1.807, 2.05) is 0 Å². The van der Waals surface area contributed by atoms with Gasteiger partial charge in [-0.3, -0.25) is 4.99 Å². The van der Waals surface area contributed by atoms with E-state index in [1.54, 1.807) is 0 Å². The number of hydrogen-bond acceptors (Lipinski definition) is 2. The topological polar surface area (TPSA) is 38.4 Å². The van der Waals surface area contributed by atoms with Gasteiger partial charge in [0.1, 0.15) is 4.99 Å². The van der Waals surface area contributed by atoms with E-state index in [0.717, 1.165) is 42.0 Å². The van der Waals surface area contributed by atoms with Gasteiger partial charge in [0.25, 0.3) is 0 Å². The van der Waals surface area contributed by atoms with E-state index in [-0.39, 0.29) is 5.41 Å². The molecule has 5 saturated carbocycles. The van der Waals surface area contributed by atoms with Crippen molar-refractivity contribution in [3.63, 3.8) is 0 Å². The van der Waals surface area contributed by atoms with Crippen molar-refractivity contribution in [1.82, 2.24) is 0 Å². The van der Waals surface area contributed by atoms with Crippen molar-refractivity contribution in [1.29, 1.82) is 0 Å². The first kappa shape index (κ1) is 21.1. The molecule has 4 bridgehead atoms. The van der Waals surface area contributed by atoms with E-state index in [0.29, 0.717) is 23.3 Å². The number of rotatable bonds is 6. The predicted molar refractivity (Wildman–Crippen MR) is 130 cm³/mol.